The number of amides is 2. The molecule has 1 aromatic heterocycles. The van der Waals surface area contributed by atoms with Crippen molar-refractivity contribution >= 4 is 12.2 Å². The van der Waals surface area contributed by atoms with Crippen molar-refractivity contribution in [1.29, 1.82) is 0 Å². The molecule has 0 radical (unpaired) electrons. The number of carbonyl (C=O) groups is 2. The minimum atomic E-state index is -0.470. The summed E-state index contributed by atoms with van der Waals surface area (Å²) >= 11 is 0. The number of nitrogens with zero attached hydrogens (tertiary/aromatic N) is 1. The first kappa shape index (κ1) is 26.1. The molecule has 0 saturated carbocycles. The Labute approximate surface area is 217 Å². The van der Waals surface area contributed by atoms with Crippen LogP contribution in [0, 0.1) is 0 Å². The zero-order valence-corrected chi connectivity index (χ0v) is 21.8. The number of carbonyl (C=O) groups excluding carboxylic acids is 2. The highest BCUT2D eigenvalue weighted by molar-refractivity contribution is 5.72. The lowest BCUT2D eigenvalue weighted by Gasteiger charge is -2.22. The number of methoxy groups -OCH3 is 1. The number of nitrogens with one attached hydrogen (secondary N) is 2. The second-order valence-electron chi connectivity index (χ2n) is 9.02. The average molecular weight is 506 g/mol. The van der Waals surface area contributed by atoms with Gasteiger partial charge in [-0.3, -0.25) is 0 Å². The first-order valence-corrected chi connectivity index (χ1v) is 12.8. The number of aromatic nitrogens is 1. The van der Waals surface area contributed by atoms with Crippen LogP contribution in [0.15, 0.2) is 48.5 Å². The van der Waals surface area contributed by atoms with E-state index in [1.807, 2.05) is 50.2 Å². The van der Waals surface area contributed by atoms with Crippen LogP contribution in [0.3, 0.4) is 0 Å². The highest BCUT2D eigenvalue weighted by Crippen LogP contribution is 2.38. The van der Waals surface area contributed by atoms with Crippen LogP contribution in [-0.4, -0.2) is 37.0 Å². The standard InChI is InChI=1S/C29H35N3O5/c1-4-14-30-28(33)36-18-24-25(19-37-29(34)31-15-5-2)27(20-10-12-23(35-3)13-11-20)32-17-22-9-7-6-8-21(22)16-26(24)32/h6-13H,4-5,14-19H2,1-3H3,(H,30,33)(H,31,34). The van der Waals surface area contributed by atoms with E-state index in [1.54, 1.807) is 7.11 Å². The molecular formula is C29H35N3O5. The van der Waals surface area contributed by atoms with E-state index in [1.165, 1.54) is 11.1 Å². The summed E-state index contributed by atoms with van der Waals surface area (Å²) in [5.41, 5.74) is 7.15. The Morgan fingerprint density at radius 1 is 0.838 bits per heavy atom. The second-order valence-corrected chi connectivity index (χ2v) is 9.02. The van der Waals surface area contributed by atoms with Gasteiger partial charge < -0.3 is 29.4 Å². The number of fused-ring (bicyclic) bond motifs is 2. The minimum Gasteiger partial charge on any atom is -0.497 e. The molecule has 2 N–H and O–H groups in total. The first-order valence-electron chi connectivity index (χ1n) is 12.8. The summed E-state index contributed by atoms with van der Waals surface area (Å²) in [6.45, 7) is 5.87. The van der Waals surface area contributed by atoms with E-state index in [9.17, 15) is 9.59 Å². The third kappa shape index (κ3) is 6.07. The zero-order valence-electron chi connectivity index (χ0n) is 21.8. The van der Waals surface area contributed by atoms with Gasteiger partial charge in [-0.15, -0.1) is 0 Å². The number of rotatable bonds is 10. The van der Waals surface area contributed by atoms with Crippen molar-refractivity contribution in [2.75, 3.05) is 20.2 Å². The number of alkyl carbamates (subject to hydrolysis) is 2. The SMILES string of the molecule is CCCNC(=O)OCc1c(COC(=O)NCCC)c(-c2ccc(OC)cc2)n2c1Cc1ccccc1C2. The predicted octanol–water partition coefficient (Wildman–Crippen LogP) is 5.39. The fourth-order valence-corrected chi connectivity index (χ4v) is 4.63. The Bertz CT molecular complexity index is 1230. The van der Waals surface area contributed by atoms with E-state index in [-0.39, 0.29) is 13.2 Å². The largest absolute Gasteiger partial charge is 0.497 e. The molecule has 0 atom stereocenters. The molecule has 2 amide bonds. The van der Waals surface area contributed by atoms with E-state index in [0.717, 1.165) is 46.7 Å². The number of benzene rings is 2. The molecular weight excluding hydrogens is 470 g/mol. The lowest BCUT2D eigenvalue weighted by Crippen LogP contribution is -2.25. The Hall–Kier alpha value is -3.94. The van der Waals surface area contributed by atoms with Crippen LogP contribution in [-0.2, 0) is 35.7 Å². The van der Waals surface area contributed by atoms with Gasteiger partial charge in [0.25, 0.3) is 0 Å². The smallest absolute Gasteiger partial charge is 0.407 e. The van der Waals surface area contributed by atoms with E-state index >= 15 is 0 Å². The molecule has 8 heteroatoms. The van der Waals surface area contributed by atoms with Crippen molar-refractivity contribution in [1.82, 2.24) is 15.2 Å². The number of hydrogen-bond acceptors (Lipinski definition) is 5. The van der Waals surface area contributed by atoms with Gasteiger partial charge in [-0.25, -0.2) is 9.59 Å². The maximum absolute atomic E-state index is 12.4. The fourth-order valence-electron chi connectivity index (χ4n) is 4.63. The van der Waals surface area contributed by atoms with E-state index in [4.69, 9.17) is 14.2 Å². The molecule has 0 saturated heterocycles. The minimum absolute atomic E-state index is 0.0581. The molecule has 1 aliphatic rings. The molecule has 2 heterocycles. The van der Waals surface area contributed by atoms with Crippen molar-refractivity contribution in [2.45, 2.75) is 52.9 Å². The first-order chi connectivity index (χ1) is 18.0. The van der Waals surface area contributed by atoms with Gasteiger partial charge in [0.2, 0.25) is 0 Å². The summed E-state index contributed by atoms with van der Waals surface area (Å²) in [5, 5.41) is 5.53. The monoisotopic (exact) mass is 505 g/mol. The zero-order chi connectivity index (χ0) is 26.2. The van der Waals surface area contributed by atoms with Gasteiger partial charge in [-0.05, 0) is 53.8 Å². The van der Waals surface area contributed by atoms with Crippen molar-refractivity contribution < 1.29 is 23.8 Å². The third-order valence-corrected chi connectivity index (χ3v) is 6.50. The summed E-state index contributed by atoms with van der Waals surface area (Å²) < 4.78 is 18.9. The number of hydrogen-bond donors (Lipinski definition) is 2. The van der Waals surface area contributed by atoms with Gasteiger partial charge >= 0.3 is 12.2 Å². The third-order valence-electron chi connectivity index (χ3n) is 6.50. The van der Waals surface area contributed by atoms with Gasteiger partial charge in [-0.1, -0.05) is 38.1 Å². The van der Waals surface area contributed by atoms with E-state index in [2.05, 4.69) is 27.3 Å². The summed E-state index contributed by atoms with van der Waals surface area (Å²) in [7, 11) is 1.64. The van der Waals surface area contributed by atoms with Crippen molar-refractivity contribution in [3.63, 3.8) is 0 Å². The van der Waals surface area contributed by atoms with Crippen LogP contribution in [0.4, 0.5) is 9.59 Å². The molecule has 1 aliphatic heterocycles. The predicted molar refractivity (Wildman–Crippen MR) is 142 cm³/mol. The fraction of sp³-hybridized carbons (Fsp3) is 0.379. The Kier molecular flexibility index (Phi) is 8.72. The number of ether oxygens (including phenoxy) is 3. The quantitative estimate of drug-likeness (QED) is 0.302. The summed E-state index contributed by atoms with van der Waals surface area (Å²) in [5.74, 6) is 0.757. The molecule has 3 aromatic rings. The van der Waals surface area contributed by atoms with Crippen LogP contribution in [0.25, 0.3) is 11.3 Å². The Morgan fingerprint density at radius 3 is 2.03 bits per heavy atom. The Balaban J connectivity index is 1.77. The second kappa shape index (κ2) is 12.3. The maximum Gasteiger partial charge on any atom is 0.407 e. The van der Waals surface area contributed by atoms with E-state index in [0.29, 0.717) is 26.1 Å². The average Bonchev–Trinajstić information content (AvgIpc) is 3.23. The van der Waals surface area contributed by atoms with Gasteiger partial charge in [0.15, 0.2) is 0 Å². The van der Waals surface area contributed by atoms with E-state index < -0.39 is 12.2 Å². The summed E-state index contributed by atoms with van der Waals surface area (Å²) in [4.78, 5) is 24.7. The summed E-state index contributed by atoms with van der Waals surface area (Å²) in [6.07, 6.45) is 1.40. The molecule has 0 unspecified atom stereocenters. The van der Waals surface area contributed by atoms with Gasteiger partial charge in [0.1, 0.15) is 19.0 Å². The highest BCUT2D eigenvalue weighted by atomic mass is 16.6. The van der Waals surface area contributed by atoms with Gasteiger partial charge in [-0.2, -0.15) is 0 Å². The van der Waals surface area contributed by atoms with Gasteiger partial charge in [0, 0.05) is 42.9 Å². The maximum atomic E-state index is 12.4. The molecule has 0 fully saturated rings. The van der Waals surface area contributed by atoms with Crippen LogP contribution in [0.5, 0.6) is 5.75 Å². The molecule has 0 bridgehead atoms. The van der Waals surface area contributed by atoms with Crippen molar-refractivity contribution in [3.05, 3.63) is 76.5 Å². The van der Waals surface area contributed by atoms with Crippen molar-refractivity contribution in [2.24, 2.45) is 0 Å². The molecule has 0 spiro atoms. The normalized spacial score (nSPS) is 11.8. The summed E-state index contributed by atoms with van der Waals surface area (Å²) in [6, 6.07) is 16.2. The molecule has 2 aromatic carbocycles. The lowest BCUT2D eigenvalue weighted by molar-refractivity contribution is 0.132. The van der Waals surface area contributed by atoms with Crippen LogP contribution in [0.1, 0.15) is 54.6 Å². The van der Waals surface area contributed by atoms with Crippen LogP contribution < -0.4 is 15.4 Å². The highest BCUT2D eigenvalue weighted by Gasteiger charge is 2.29. The topological polar surface area (TPSA) is 90.8 Å². The molecule has 8 nitrogen and oxygen atoms in total. The molecule has 196 valence electrons. The molecule has 0 aliphatic carbocycles. The Morgan fingerprint density at radius 2 is 1.43 bits per heavy atom. The van der Waals surface area contributed by atoms with Crippen LogP contribution >= 0.6 is 0 Å². The van der Waals surface area contributed by atoms with Crippen LogP contribution in [0.2, 0.25) is 0 Å². The molecule has 37 heavy (non-hydrogen) atoms. The molecule has 4 rings (SSSR count). The van der Waals surface area contributed by atoms with Gasteiger partial charge in [0.05, 0.1) is 12.8 Å². The van der Waals surface area contributed by atoms with Crippen molar-refractivity contribution in [3.8, 4) is 17.0 Å². The lowest BCUT2D eigenvalue weighted by atomic mass is 9.97.